The predicted molar refractivity (Wildman–Crippen MR) is 107 cm³/mol. The molecule has 9 heteroatoms. The molecule has 0 amide bonds. The summed E-state index contributed by atoms with van der Waals surface area (Å²) in [6.45, 7) is 0. The summed E-state index contributed by atoms with van der Waals surface area (Å²) in [7, 11) is 4.64. The van der Waals surface area contributed by atoms with Gasteiger partial charge in [0, 0.05) is 16.1 Å². The van der Waals surface area contributed by atoms with E-state index in [0.717, 1.165) is 5.56 Å². The van der Waals surface area contributed by atoms with Crippen LogP contribution in [0.1, 0.15) is 5.56 Å². The fraction of sp³-hybridized carbons (Fsp3) is 0.167. The van der Waals surface area contributed by atoms with Gasteiger partial charge in [-0.1, -0.05) is 29.8 Å². The van der Waals surface area contributed by atoms with Crippen LogP contribution in [0.2, 0.25) is 5.02 Å². The van der Waals surface area contributed by atoms with E-state index in [2.05, 4.69) is 15.3 Å². The number of aromatic amines is 1. The Morgan fingerprint density at radius 1 is 1.11 bits per heavy atom. The Hall–Kier alpha value is -2.84. The Morgan fingerprint density at radius 2 is 1.78 bits per heavy atom. The molecule has 0 fully saturated rings. The van der Waals surface area contributed by atoms with Gasteiger partial charge in [0.05, 0.1) is 27.5 Å². The highest BCUT2D eigenvalue weighted by Gasteiger charge is 2.17. The van der Waals surface area contributed by atoms with E-state index in [1.807, 2.05) is 18.2 Å². The lowest BCUT2D eigenvalue weighted by molar-refractivity contribution is 0.324. The first-order valence-corrected chi connectivity index (χ1v) is 8.64. The molecule has 0 aliphatic heterocycles. The third kappa shape index (κ3) is 3.81. The highest BCUT2D eigenvalue weighted by molar-refractivity contribution is 7.71. The van der Waals surface area contributed by atoms with Gasteiger partial charge in [0.2, 0.25) is 10.5 Å². The molecular formula is C18H17ClN4O3S. The van der Waals surface area contributed by atoms with E-state index in [9.17, 15) is 0 Å². The van der Waals surface area contributed by atoms with Crippen LogP contribution in [0.4, 0.5) is 0 Å². The molecule has 0 aliphatic rings. The zero-order valence-electron chi connectivity index (χ0n) is 14.9. The smallest absolute Gasteiger partial charge is 0.216 e. The van der Waals surface area contributed by atoms with Gasteiger partial charge in [-0.25, -0.2) is 5.10 Å². The summed E-state index contributed by atoms with van der Waals surface area (Å²) in [6.07, 6.45) is 1.62. The van der Waals surface area contributed by atoms with Gasteiger partial charge in [-0.3, -0.25) is 0 Å². The van der Waals surface area contributed by atoms with Crippen molar-refractivity contribution in [1.29, 1.82) is 0 Å². The molecule has 0 bridgehead atoms. The van der Waals surface area contributed by atoms with Crippen LogP contribution in [-0.2, 0) is 0 Å². The molecular weight excluding hydrogens is 388 g/mol. The lowest BCUT2D eigenvalue weighted by Crippen LogP contribution is -1.99. The minimum Gasteiger partial charge on any atom is -0.493 e. The van der Waals surface area contributed by atoms with Crippen LogP contribution in [0.15, 0.2) is 41.5 Å². The average Bonchev–Trinajstić information content (AvgIpc) is 3.06. The Labute approximate surface area is 166 Å². The summed E-state index contributed by atoms with van der Waals surface area (Å²) in [4.78, 5) is 0. The molecule has 0 saturated carbocycles. The lowest BCUT2D eigenvalue weighted by Gasteiger charge is -2.13. The van der Waals surface area contributed by atoms with Crippen molar-refractivity contribution >= 4 is 30.0 Å². The molecule has 3 aromatic rings. The number of nitrogens with one attached hydrogen (secondary N) is 1. The van der Waals surface area contributed by atoms with Gasteiger partial charge >= 0.3 is 0 Å². The fourth-order valence-corrected chi connectivity index (χ4v) is 2.86. The molecule has 0 unspecified atom stereocenters. The summed E-state index contributed by atoms with van der Waals surface area (Å²) >= 11 is 11.5. The summed E-state index contributed by atoms with van der Waals surface area (Å²) in [5.74, 6) is 1.98. The molecule has 2 aromatic carbocycles. The molecule has 1 aromatic heterocycles. The Kier molecular flexibility index (Phi) is 5.78. The Morgan fingerprint density at radius 3 is 2.37 bits per heavy atom. The molecule has 0 spiro atoms. The zero-order chi connectivity index (χ0) is 19.4. The van der Waals surface area contributed by atoms with E-state index in [-0.39, 0.29) is 0 Å². The quantitative estimate of drug-likeness (QED) is 0.493. The number of benzene rings is 2. The first-order valence-electron chi connectivity index (χ1n) is 7.85. The number of nitrogens with zero attached hydrogens (tertiary/aromatic N) is 3. The summed E-state index contributed by atoms with van der Waals surface area (Å²) < 4.78 is 18.0. The summed E-state index contributed by atoms with van der Waals surface area (Å²) in [5, 5.41) is 12.0. The highest BCUT2D eigenvalue weighted by atomic mass is 35.5. The van der Waals surface area contributed by atoms with E-state index in [1.54, 1.807) is 45.7 Å². The topological polar surface area (TPSA) is 73.7 Å². The Bertz CT molecular complexity index is 1020. The molecule has 7 nitrogen and oxygen atoms in total. The maximum atomic E-state index is 6.18. The molecule has 0 atom stereocenters. The highest BCUT2D eigenvalue weighted by Crippen LogP contribution is 2.40. The minimum atomic E-state index is 0.335. The van der Waals surface area contributed by atoms with Crippen LogP contribution in [-0.4, -0.2) is 42.4 Å². The summed E-state index contributed by atoms with van der Waals surface area (Å²) in [5.41, 5.74) is 1.45. The van der Waals surface area contributed by atoms with E-state index in [1.165, 1.54) is 4.68 Å². The molecule has 140 valence electrons. The zero-order valence-corrected chi connectivity index (χ0v) is 16.5. The predicted octanol–water partition coefficient (Wildman–Crippen LogP) is 4.17. The first kappa shape index (κ1) is 18.9. The van der Waals surface area contributed by atoms with Gasteiger partial charge in [0.15, 0.2) is 17.3 Å². The number of hydrogen-bond donors (Lipinski definition) is 1. The van der Waals surface area contributed by atoms with Crippen molar-refractivity contribution in [2.45, 2.75) is 0 Å². The third-order valence-corrected chi connectivity index (χ3v) is 4.40. The van der Waals surface area contributed by atoms with Gasteiger partial charge in [-0.05, 0) is 30.4 Å². The van der Waals surface area contributed by atoms with Crippen molar-refractivity contribution in [1.82, 2.24) is 14.9 Å². The number of H-pyrrole nitrogens is 1. The van der Waals surface area contributed by atoms with Crippen LogP contribution in [0, 0.1) is 4.77 Å². The van der Waals surface area contributed by atoms with Crippen molar-refractivity contribution in [3.8, 4) is 28.6 Å². The number of aromatic nitrogens is 3. The van der Waals surface area contributed by atoms with Crippen LogP contribution in [0.25, 0.3) is 11.4 Å². The van der Waals surface area contributed by atoms with E-state index in [4.69, 9.17) is 38.0 Å². The molecule has 27 heavy (non-hydrogen) atoms. The molecule has 0 radical (unpaired) electrons. The maximum absolute atomic E-state index is 6.18. The molecule has 0 aliphatic carbocycles. The van der Waals surface area contributed by atoms with Crippen molar-refractivity contribution in [3.63, 3.8) is 0 Å². The van der Waals surface area contributed by atoms with Crippen molar-refractivity contribution in [2.24, 2.45) is 5.10 Å². The molecule has 0 saturated heterocycles. The SMILES string of the molecule is COc1cc(-c2n[nH]c(=S)n2/N=C/c2ccccc2Cl)cc(OC)c1OC. The second kappa shape index (κ2) is 8.24. The second-order valence-corrected chi connectivity index (χ2v) is 6.14. The largest absolute Gasteiger partial charge is 0.493 e. The fourth-order valence-electron chi connectivity index (χ4n) is 2.50. The van der Waals surface area contributed by atoms with E-state index < -0.39 is 0 Å². The number of rotatable bonds is 6. The first-order chi connectivity index (χ1) is 13.1. The van der Waals surface area contributed by atoms with Gasteiger partial charge < -0.3 is 14.2 Å². The van der Waals surface area contributed by atoms with Crippen LogP contribution in [0.5, 0.6) is 17.2 Å². The molecule has 1 N–H and O–H groups in total. The van der Waals surface area contributed by atoms with Crippen molar-refractivity contribution in [3.05, 3.63) is 51.8 Å². The Balaban J connectivity index is 2.10. The van der Waals surface area contributed by atoms with E-state index >= 15 is 0 Å². The van der Waals surface area contributed by atoms with Gasteiger partial charge in [0.25, 0.3) is 0 Å². The number of hydrogen-bond acceptors (Lipinski definition) is 6. The molecule has 3 rings (SSSR count). The number of ether oxygens (including phenoxy) is 3. The van der Waals surface area contributed by atoms with Crippen LogP contribution < -0.4 is 14.2 Å². The van der Waals surface area contributed by atoms with Crippen molar-refractivity contribution < 1.29 is 14.2 Å². The standard InChI is InChI=1S/C18H17ClN4O3S/c1-24-14-8-12(9-15(25-2)16(14)26-3)17-21-22-18(27)23(17)20-10-11-6-4-5-7-13(11)19/h4-10H,1-3H3,(H,22,27)/b20-10+. The summed E-state index contributed by atoms with van der Waals surface area (Å²) in [6, 6.07) is 10.9. The van der Waals surface area contributed by atoms with Gasteiger partial charge in [-0.2, -0.15) is 14.9 Å². The number of halogens is 1. The monoisotopic (exact) mass is 404 g/mol. The normalized spacial score (nSPS) is 11.0. The lowest BCUT2D eigenvalue weighted by atomic mass is 10.1. The number of methoxy groups -OCH3 is 3. The third-order valence-electron chi connectivity index (χ3n) is 3.79. The van der Waals surface area contributed by atoms with Crippen LogP contribution >= 0.6 is 23.8 Å². The van der Waals surface area contributed by atoms with Crippen molar-refractivity contribution in [2.75, 3.05) is 21.3 Å². The van der Waals surface area contributed by atoms with Crippen LogP contribution in [0.3, 0.4) is 0 Å². The van der Waals surface area contributed by atoms with Gasteiger partial charge in [-0.15, -0.1) is 0 Å². The maximum Gasteiger partial charge on any atom is 0.216 e. The minimum absolute atomic E-state index is 0.335. The average molecular weight is 405 g/mol. The second-order valence-electron chi connectivity index (χ2n) is 5.34. The van der Waals surface area contributed by atoms with E-state index in [0.29, 0.717) is 38.4 Å². The molecule has 1 heterocycles. The van der Waals surface area contributed by atoms with Gasteiger partial charge in [0.1, 0.15) is 0 Å².